The Hall–Kier alpha value is -3.15. The predicted octanol–water partition coefficient (Wildman–Crippen LogP) is 3.10. The molecule has 1 amide bonds. The number of carbonyl (C=O) groups is 1. The maximum atomic E-state index is 11.9. The van der Waals surface area contributed by atoms with Crippen molar-refractivity contribution in [3.8, 4) is 11.5 Å². The molecule has 0 aliphatic heterocycles. The third-order valence-electron chi connectivity index (χ3n) is 3.15. The summed E-state index contributed by atoms with van der Waals surface area (Å²) in [6, 6.07) is 16.8. The second-order valence-corrected chi connectivity index (χ2v) is 4.90. The van der Waals surface area contributed by atoms with E-state index in [0.717, 1.165) is 17.2 Å². The van der Waals surface area contributed by atoms with Crippen LogP contribution in [0.5, 0.6) is 11.5 Å². The van der Waals surface area contributed by atoms with Crippen LogP contribution in [0.15, 0.2) is 67.3 Å². The van der Waals surface area contributed by atoms with Crippen LogP contribution in [0, 0.1) is 0 Å². The molecule has 6 nitrogen and oxygen atoms in total. The lowest BCUT2D eigenvalue weighted by atomic mass is 10.3. The second-order valence-electron chi connectivity index (χ2n) is 4.90. The van der Waals surface area contributed by atoms with E-state index in [2.05, 4.69) is 15.4 Å². The summed E-state index contributed by atoms with van der Waals surface area (Å²) in [6.45, 7) is 0.501. The van der Waals surface area contributed by atoms with E-state index in [9.17, 15) is 4.79 Å². The zero-order valence-corrected chi connectivity index (χ0v) is 12.4. The average Bonchev–Trinajstić information content (AvgIpc) is 3.09. The standard InChI is InChI=1S/C17H16N4O2/c22-17(10-11-21-13-18-12-19-21)20-14-6-8-16(9-7-14)23-15-4-2-1-3-5-15/h1-9,12-13H,10-11H2,(H,20,22). The molecule has 0 radical (unpaired) electrons. The molecule has 0 saturated carbocycles. The largest absolute Gasteiger partial charge is 0.457 e. The highest BCUT2D eigenvalue weighted by molar-refractivity contribution is 5.90. The molecule has 0 atom stereocenters. The Kier molecular flexibility index (Phi) is 4.63. The number of benzene rings is 2. The monoisotopic (exact) mass is 308 g/mol. The van der Waals surface area contributed by atoms with E-state index in [1.54, 1.807) is 11.0 Å². The first-order valence-corrected chi connectivity index (χ1v) is 7.25. The summed E-state index contributed by atoms with van der Waals surface area (Å²) in [5.74, 6) is 1.42. The zero-order chi connectivity index (χ0) is 15.9. The molecular weight excluding hydrogens is 292 g/mol. The van der Waals surface area contributed by atoms with Gasteiger partial charge in [-0.1, -0.05) is 18.2 Å². The number of para-hydroxylation sites is 1. The van der Waals surface area contributed by atoms with E-state index in [-0.39, 0.29) is 5.91 Å². The van der Waals surface area contributed by atoms with Crippen LogP contribution in [0.4, 0.5) is 5.69 Å². The molecule has 2 aromatic carbocycles. The fourth-order valence-electron chi connectivity index (χ4n) is 2.02. The number of nitrogens with zero attached hydrogens (tertiary/aromatic N) is 3. The van der Waals surface area contributed by atoms with Gasteiger partial charge in [0.15, 0.2) is 0 Å². The number of hydrogen-bond donors (Lipinski definition) is 1. The van der Waals surface area contributed by atoms with Crippen molar-refractivity contribution in [2.24, 2.45) is 0 Å². The van der Waals surface area contributed by atoms with Crippen molar-refractivity contribution in [1.82, 2.24) is 14.8 Å². The maximum Gasteiger partial charge on any atom is 0.226 e. The average molecular weight is 308 g/mol. The van der Waals surface area contributed by atoms with Crippen molar-refractivity contribution in [1.29, 1.82) is 0 Å². The topological polar surface area (TPSA) is 69.0 Å². The van der Waals surface area contributed by atoms with E-state index in [4.69, 9.17) is 4.74 Å². The molecule has 1 N–H and O–H groups in total. The minimum absolute atomic E-state index is 0.0720. The van der Waals surface area contributed by atoms with Gasteiger partial charge in [0, 0.05) is 12.1 Å². The number of carbonyl (C=O) groups excluding carboxylic acids is 1. The molecule has 0 saturated heterocycles. The van der Waals surface area contributed by atoms with Crippen LogP contribution in [0.1, 0.15) is 6.42 Å². The first-order valence-electron chi connectivity index (χ1n) is 7.25. The number of amides is 1. The van der Waals surface area contributed by atoms with Crippen LogP contribution in [-0.2, 0) is 11.3 Å². The lowest BCUT2D eigenvalue weighted by Gasteiger charge is -2.08. The minimum atomic E-state index is -0.0720. The van der Waals surface area contributed by atoms with Crippen LogP contribution in [0.25, 0.3) is 0 Å². The number of ether oxygens (including phenoxy) is 1. The van der Waals surface area contributed by atoms with E-state index < -0.39 is 0 Å². The molecule has 0 aliphatic rings. The number of nitrogens with one attached hydrogen (secondary N) is 1. The normalized spacial score (nSPS) is 10.3. The van der Waals surface area contributed by atoms with E-state index >= 15 is 0 Å². The summed E-state index contributed by atoms with van der Waals surface area (Å²) < 4.78 is 7.32. The van der Waals surface area contributed by atoms with E-state index in [0.29, 0.717) is 13.0 Å². The molecule has 0 bridgehead atoms. The molecule has 3 rings (SSSR count). The predicted molar refractivity (Wildman–Crippen MR) is 86.2 cm³/mol. The Labute approximate surface area is 133 Å². The Bertz CT molecular complexity index is 740. The summed E-state index contributed by atoms with van der Waals surface area (Å²) >= 11 is 0. The van der Waals surface area contributed by atoms with Gasteiger partial charge < -0.3 is 10.1 Å². The third-order valence-corrected chi connectivity index (χ3v) is 3.15. The van der Waals surface area contributed by atoms with Crippen LogP contribution >= 0.6 is 0 Å². The summed E-state index contributed by atoms with van der Waals surface area (Å²) in [5.41, 5.74) is 0.731. The van der Waals surface area contributed by atoms with Crippen LogP contribution in [0.3, 0.4) is 0 Å². The van der Waals surface area contributed by atoms with Gasteiger partial charge in [0.25, 0.3) is 0 Å². The highest BCUT2D eigenvalue weighted by Gasteiger charge is 2.04. The summed E-state index contributed by atoms with van der Waals surface area (Å²) in [4.78, 5) is 15.7. The van der Waals surface area contributed by atoms with Gasteiger partial charge in [-0.05, 0) is 36.4 Å². The van der Waals surface area contributed by atoms with Crippen LogP contribution in [-0.4, -0.2) is 20.7 Å². The number of anilines is 1. The summed E-state index contributed by atoms with van der Waals surface area (Å²) in [6.07, 6.45) is 3.37. The molecule has 1 heterocycles. The van der Waals surface area contributed by atoms with Gasteiger partial charge in [-0.3, -0.25) is 9.48 Å². The fraction of sp³-hybridized carbons (Fsp3) is 0.118. The lowest BCUT2D eigenvalue weighted by molar-refractivity contribution is -0.116. The molecule has 0 fully saturated rings. The van der Waals surface area contributed by atoms with Crippen molar-refractivity contribution in [3.05, 3.63) is 67.3 Å². The van der Waals surface area contributed by atoms with Gasteiger partial charge in [0.1, 0.15) is 24.2 Å². The van der Waals surface area contributed by atoms with Crippen molar-refractivity contribution in [3.63, 3.8) is 0 Å². The van der Waals surface area contributed by atoms with Crippen LogP contribution in [0.2, 0.25) is 0 Å². The Morgan fingerprint density at radius 2 is 1.78 bits per heavy atom. The molecular formula is C17H16N4O2. The van der Waals surface area contributed by atoms with Gasteiger partial charge in [0.05, 0.1) is 6.54 Å². The molecule has 6 heteroatoms. The third kappa shape index (κ3) is 4.41. The number of aromatic nitrogens is 3. The van der Waals surface area contributed by atoms with Crippen molar-refractivity contribution in [2.45, 2.75) is 13.0 Å². The Morgan fingerprint density at radius 3 is 2.48 bits per heavy atom. The zero-order valence-electron chi connectivity index (χ0n) is 12.4. The smallest absolute Gasteiger partial charge is 0.226 e. The number of aryl methyl sites for hydroxylation is 1. The summed E-state index contributed by atoms with van der Waals surface area (Å²) in [5, 5.41) is 6.80. The summed E-state index contributed by atoms with van der Waals surface area (Å²) in [7, 11) is 0. The first-order chi connectivity index (χ1) is 11.3. The highest BCUT2D eigenvalue weighted by Crippen LogP contribution is 2.22. The molecule has 1 aromatic heterocycles. The van der Waals surface area contributed by atoms with E-state index in [1.807, 2.05) is 54.6 Å². The Morgan fingerprint density at radius 1 is 1.04 bits per heavy atom. The van der Waals surface area contributed by atoms with Gasteiger partial charge in [-0.25, -0.2) is 4.98 Å². The number of hydrogen-bond acceptors (Lipinski definition) is 4. The number of rotatable bonds is 6. The molecule has 0 unspecified atom stereocenters. The van der Waals surface area contributed by atoms with Crippen molar-refractivity contribution < 1.29 is 9.53 Å². The Balaban J connectivity index is 1.51. The molecule has 0 spiro atoms. The van der Waals surface area contributed by atoms with Crippen LogP contribution < -0.4 is 10.1 Å². The van der Waals surface area contributed by atoms with E-state index in [1.165, 1.54) is 6.33 Å². The first kappa shape index (κ1) is 14.8. The minimum Gasteiger partial charge on any atom is -0.457 e. The highest BCUT2D eigenvalue weighted by atomic mass is 16.5. The molecule has 0 aliphatic carbocycles. The molecule has 3 aromatic rings. The van der Waals surface area contributed by atoms with Gasteiger partial charge >= 0.3 is 0 Å². The van der Waals surface area contributed by atoms with Crippen molar-refractivity contribution >= 4 is 11.6 Å². The van der Waals surface area contributed by atoms with Gasteiger partial charge in [0.2, 0.25) is 5.91 Å². The van der Waals surface area contributed by atoms with Crippen molar-refractivity contribution in [2.75, 3.05) is 5.32 Å². The van der Waals surface area contributed by atoms with Gasteiger partial charge in [-0.2, -0.15) is 5.10 Å². The fourth-order valence-corrected chi connectivity index (χ4v) is 2.02. The lowest BCUT2D eigenvalue weighted by Crippen LogP contribution is -2.14. The maximum absolute atomic E-state index is 11.9. The van der Waals surface area contributed by atoms with Gasteiger partial charge in [-0.15, -0.1) is 0 Å². The molecule has 23 heavy (non-hydrogen) atoms. The quantitative estimate of drug-likeness (QED) is 0.759. The second kappa shape index (κ2) is 7.22. The molecule has 116 valence electrons. The SMILES string of the molecule is O=C(CCn1cncn1)Nc1ccc(Oc2ccccc2)cc1.